The van der Waals surface area contributed by atoms with Gasteiger partial charge in [-0.25, -0.2) is 9.59 Å². The molecule has 6 aromatic carbocycles. The second-order valence-electron chi connectivity index (χ2n) is 15.0. The van der Waals surface area contributed by atoms with Gasteiger partial charge in [0.15, 0.2) is 0 Å². The minimum Gasteiger partial charge on any atom is -0.497 e. The number of rotatable bonds is 13. The number of halogens is 4. The molecule has 6 aromatic rings. The predicted octanol–water partition coefficient (Wildman–Crippen LogP) is 14.4. The molecule has 1 atom stereocenters. The molecule has 6 N–H and O–H groups in total. The summed E-state index contributed by atoms with van der Waals surface area (Å²) in [6.45, 7) is 10.3. The SMILES string of the molecule is C#Cc1ccc(N(Cc2ccc(OC)cc2)C(=O)Nc2c(CC)c(N)cc(Cl)c2CC)cc1.CCc1c(N)cc(Cl)c(CC)c1NC(=O)N(c1ccc(Cl)cc1)[C@@H](C)c1ccc(Cl)cc1. The lowest BCUT2D eigenvalue weighted by Gasteiger charge is -2.31. The second kappa shape index (κ2) is 23.3. The van der Waals surface area contributed by atoms with Crippen LogP contribution in [0.1, 0.15) is 79.6 Å². The molecule has 4 amide bonds. The molecule has 0 aliphatic heterocycles. The fourth-order valence-corrected chi connectivity index (χ4v) is 8.49. The number of ether oxygens (including phenoxy) is 1. The Morgan fingerprint density at radius 2 is 1.09 bits per heavy atom. The molecule has 0 saturated carbocycles. The molecule has 9 nitrogen and oxygen atoms in total. The van der Waals surface area contributed by atoms with Crippen molar-refractivity contribution in [1.29, 1.82) is 0 Å². The monoisotopic (exact) mass is 950 g/mol. The minimum atomic E-state index is -0.291. The number of carbonyl (C=O) groups excluding carboxylic acids is 2. The van der Waals surface area contributed by atoms with Crippen LogP contribution in [0, 0.1) is 12.3 Å². The molecule has 0 radical (unpaired) electrons. The van der Waals surface area contributed by atoms with Crippen molar-refractivity contribution in [3.8, 4) is 18.1 Å². The van der Waals surface area contributed by atoms with E-state index in [1.807, 2.05) is 120 Å². The molecule has 0 fully saturated rings. The van der Waals surface area contributed by atoms with Crippen LogP contribution in [0.25, 0.3) is 0 Å². The molecule has 0 spiro atoms. The third kappa shape index (κ3) is 12.2. The van der Waals surface area contributed by atoms with Gasteiger partial charge in [-0.15, -0.1) is 6.42 Å². The first-order valence-electron chi connectivity index (χ1n) is 21.3. The molecule has 0 aromatic heterocycles. The van der Waals surface area contributed by atoms with Crippen LogP contribution in [-0.4, -0.2) is 19.2 Å². The quantitative estimate of drug-likeness (QED) is 0.0678. The number of nitrogen functional groups attached to an aromatic ring is 2. The largest absolute Gasteiger partial charge is 0.497 e. The minimum absolute atomic E-state index is 0.278. The molecule has 338 valence electrons. The maximum Gasteiger partial charge on any atom is 0.326 e. The predicted molar refractivity (Wildman–Crippen MR) is 275 cm³/mol. The van der Waals surface area contributed by atoms with E-state index in [1.165, 1.54) is 0 Å². The molecule has 0 aliphatic carbocycles. The van der Waals surface area contributed by atoms with Gasteiger partial charge in [0.25, 0.3) is 0 Å². The van der Waals surface area contributed by atoms with E-state index in [4.69, 9.17) is 69.0 Å². The first-order valence-corrected chi connectivity index (χ1v) is 22.8. The maximum atomic E-state index is 13.7. The molecule has 0 aliphatic rings. The van der Waals surface area contributed by atoms with Gasteiger partial charge in [-0.2, -0.15) is 0 Å². The van der Waals surface area contributed by atoms with Crippen molar-refractivity contribution in [1.82, 2.24) is 0 Å². The number of anilines is 6. The summed E-state index contributed by atoms with van der Waals surface area (Å²) in [5.74, 6) is 3.36. The van der Waals surface area contributed by atoms with Crippen molar-refractivity contribution >= 4 is 92.6 Å². The van der Waals surface area contributed by atoms with Gasteiger partial charge in [0.1, 0.15) is 5.75 Å². The zero-order valence-electron chi connectivity index (χ0n) is 37.4. The Bertz CT molecular complexity index is 2580. The standard InChI is InChI=1S/C27H28ClN3O2.C25H26Cl3N3O/c1-5-18-8-12-20(13-9-18)31(17-19-10-14-21(33-4)15-11-19)27(32)30-26-22(6-2)24(28)16-25(29)23(26)7-3;1-4-20-22(28)14-23(29)21(5-2)24(20)30-25(32)31(19-12-10-18(27)11-13-19)15(3)16-6-8-17(26)9-7-16/h1,8-16H,6-7,17,29H2,2-4H3,(H,30,32);6-15H,4-5,29H2,1-3H3,(H,30,32)/t;15-/m.0/s1. The van der Waals surface area contributed by atoms with Gasteiger partial charge in [-0.05, 0) is 151 Å². The Morgan fingerprint density at radius 1 is 0.646 bits per heavy atom. The summed E-state index contributed by atoms with van der Waals surface area (Å²) in [5.41, 5.74) is 22.5. The normalized spacial score (nSPS) is 11.1. The van der Waals surface area contributed by atoms with Crippen molar-refractivity contribution in [3.05, 3.63) is 168 Å². The van der Waals surface area contributed by atoms with Crippen molar-refractivity contribution < 1.29 is 14.3 Å². The van der Waals surface area contributed by atoms with E-state index in [0.29, 0.717) is 86.4 Å². The van der Waals surface area contributed by atoms with E-state index in [9.17, 15) is 9.59 Å². The van der Waals surface area contributed by atoms with Gasteiger partial charge in [0.05, 0.1) is 31.1 Å². The van der Waals surface area contributed by atoms with Crippen LogP contribution in [0.4, 0.5) is 43.7 Å². The Balaban J connectivity index is 0.000000244. The molecule has 0 unspecified atom stereocenters. The van der Waals surface area contributed by atoms with Crippen LogP contribution in [0.3, 0.4) is 0 Å². The lowest BCUT2D eigenvalue weighted by molar-refractivity contribution is 0.255. The van der Waals surface area contributed by atoms with E-state index in [2.05, 4.69) is 16.6 Å². The number of hydrogen-bond acceptors (Lipinski definition) is 5. The highest BCUT2D eigenvalue weighted by molar-refractivity contribution is 6.33. The number of nitrogens with two attached hydrogens (primary N) is 2. The molecule has 0 bridgehead atoms. The van der Waals surface area contributed by atoms with E-state index in [1.54, 1.807) is 41.2 Å². The number of amides is 4. The second-order valence-corrected chi connectivity index (χ2v) is 16.7. The number of carbonyl (C=O) groups is 2. The summed E-state index contributed by atoms with van der Waals surface area (Å²) >= 11 is 25.1. The summed E-state index contributed by atoms with van der Waals surface area (Å²) < 4.78 is 5.25. The van der Waals surface area contributed by atoms with Crippen LogP contribution in [0.5, 0.6) is 5.75 Å². The van der Waals surface area contributed by atoms with Gasteiger partial charge in [-0.1, -0.05) is 104 Å². The fourth-order valence-electron chi connectivity index (χ4n) is 7.55. The number of urea groups is 2. The third-order valence-electron chi connectivity index (χ3n) is 11.1. The third-order valence-corrected chi connectivity index (χ3v) is 12.3. The lowest BCUT2D eigenvalue weighted by Crippen LogP contribution is -2.37. The number of hydrogen-bond donors (Lipinski definition) is 4. The zero-order chi connectivity index (χ0) is 47.4. The van der Waals surface area contributed by atoms with Crippen LogP contribution >= 0.6 is 46.4 Å². The van der Waals surface area contributed by atoms with Crippen molar-refractivity contribution in [3.63, 3.8) is 0 Å². The summed E-state index contributed by atoms with van der Waals surface area (Å²) in [5, 5.41) is 8.51. The Kier molecular flexibility index (Phi) is 17.9. The van der Waals surface area contributed by atoms with Crippen LogP contribution < -0.4 is 36.6 Å². The van der Waals surface area contributed by atoms with Crippen LogP contribution in [0.2, 0.25) is 20.1 Å². The highest BCUT2D eigenvalue weighted by Crippen LogP contribution is 2.37. The number of nitrogens with one attached hydrogen (secondary N) is 2. The van der Waals surface area contributed by atoms with Crippen molar-refractivity contribution in [2.24, 2.45) is 0 Å². The number of nitrogens with zero attached hydrogens (tertiary/aromatic N) is 2. The number of methoxy groups -OCH3 is 1. The molecule has 65 heavy (non-hydrogen) atoms. The molecular formula is C52H54Cl4N6O3. The topological polar surface area (TPSA) is 126 Å². The molecule has 0 heterocycles. The average Bonchev–Trinajstić information content (AvgIpc) is 3.29. The molecule has 0 saturated heterocycles. The van der Waals surface area contributed by atoms with Gasteiger partial charge >= 0.3 is 12.1 Å². The Morgan fingerprint density at radius 3 is 1.54 bits per heavy atom. The summed E-state index contributed by atoms with van der Waals surface area (Å²) in [6.07, 6.45) is 8.16. The van der Waals surface area contributed by atoms with E-state index in [0.717, 1.165) is 44.7 Å². The zero-order valence-corrected chi connectivity index (χ0v) is 40.4. The fraction of sp³-hybridized carbons (Fsp3) is 0.231. The van der Waals surface area contributed by atoms with E-state index < -0.39 is 0 Å². The Hall–Kier alpha value is -6.02. The van der Waals surface area contributed by atoms with Crippen LogP contribution in [0.15, 0.2) is 109 Å². The van der Waals surface area contributed by atoms with Crippen LogP contribution in [-0.2, 0) is 32.2 Å². The molecular weight excluding hydrogens is 898 g/mol. The van der Waals surface area contributed by atoms with Crippen molar-refractivity contribution in [2.45, 2.75) is 72.9 Å². The first kappa shape index (κ1) is 50.0. The molecule has 6 rings (SSSR count). The van der Waals surface area contributed by atoms with Gasteiger partial charge < -0.3 is 26.8 Å². The van der Waals surface area contributed by atoms with E-state index in [-0.39, 0.29) is 18.1 Å². The highest BCUT2D eigenvalue weighted by Gasteiger charge is 2.27. The van der Waals surface area contributed by atoms with Crippen molar-refractivity contribution in [2.75, 3.05) is 39.0 Å². The van der Waals surface area contributed by atoms with E-state index >= 15 is 0 Å². The first-order chi connectivity index (χ1) is 31.2. The summed E-state index contributed by atoms with van der Waals surface area (Å²) in [6, 6.07) is 32.2. The number of benzene rings is 6. The number of terminal acetylenes is 1. The summed E-state index contributed by atoms with van der Waals surface area (Å²) in [7, 11) is 1.62. The Labute approximate surface area is 403 Å². The van der Waals surface area contributed by atoms with Gasteiger partial charge in [0.2, 0.25) is 0 Å². The van der Waals surface area contributed by atoms with Gasteiger partial charge in [0, 0.05) is 48.4 Å². The molecule has 13 heteroatoms. The smallest absolute Gasteiger partial charge is 0.326 e. The lowest BCUT2D eigenvalue weighted by atomic mass is 10.0. The maximum absolute atomic E-state index is 13.7. The average molecular weight is 953 g/mol. The van der Waals surface area contributed by atoms with Gasteiger partial charge in [-0.3, -0.25) is 9.80 Å². The highest BCUT2D eigenvalue weighted by atomic mass is 35.5. The summed E-state index contributed by atoms with van der Waals surface area (Å²) in [4.78, 5) is 30.7.